The molecular weight excluding hydrogens is 244 g/mol. The van der Waals surface area contributed by atoms with Crippen molar-refractivity contribution >= 4 is 22.1 Å². The number of carbonyl (C=O) groups excluding carboxylic acids is 1. The minimum Gasteiger partial charge on any atom is -0.294 e. The molecule has 1 aliphatic carbocycles. The van der Waals surface area contributed by atoms with E-state index in [0.717, 1.165) is 33.0 Å². The summed E-state index contributed by atoms with van der Waals surface area (Å²) in [5.74, 6) is 0.145. The van der Waals surface area contributed by atoms with Gasteiger partial charge < -0.3 is 0 Å². The van der Waals surface area contributed by atoms with Crippen molar-refractivity contribution in [3.05, 3.63) is 77.9 Å². The van der Waals surface area contributed by atoms with E-state index in [0.29, 0.717) is 6.42 Å². The van der Waals surface area contributed by atoms with E-state index in [4.69, 9.17) is 0 Å². The van der Waals surface area contributed by atoms with Crippen LogP contribution in [-0.4, -0.2) is 5.78 Å². The quantitative estimate of drug-likeness (QED) is 0.655. The summed E-state index contributed by atoms with van der Waals surface area (Å²) >= 11 is 0. The van der Waals surface area contributed by atoms with Crippen molar-refractivity contribution in [2.24, 2.45) is 0 Å². The Morgan fingerprint density at radius 2 is 1.90 bits per heavy atom. The lowest BCUT2D eigenvalue weighted by Crippen LogP contribution is -2.03. The van der Waals surface area contributed by atoms with Crippen molar-refractivity contribution < 1.29 is 4.79 Å². The Hall–Kier alpha value is -2.41. The summed E-state index contributed by atoms with van der Waals surface area (Å²) in [7, 11) is 0. The van der Waals surface area contributed by atoms with Gasteiger partial charge in [-0.05, 0) is 34.4 Å². The van der Waals surface area contributed by atoms with Crippen LogP contribution in [0, 0.1) is 0 Å². The zero-order valence-corrected chi connectivity index (χ0v) is 11.5. The van der Waals surface area contributed by atoms with Crippen molar-refractivity contribution in [2.75, 3.05) is 0 Å². The van der Waals surface area contributed by atoms with Gasteiger partial charge in [0, 0.05) is 12.0 Å². The number of carbonyl (C=O) groups is 1. The van der Waals surface area contributed by atoms with Gasteiger partial charge in [0.15, 0.2) is 5.78 Å². The molecule has 0 aliphatic heterocycles. The smallest absolute Gasteiger partial charge is 0.167 e. The van der Waals surface area contributed by atoms with Gasteiger partial charge in [-0.1, -0.05) is 61.2 Å². The van der Waals surface area contributed by atoms with Crippen molar-refractivity contribution in [2.45, 2.75) is 13.3 Å². The van der Waals surface area contributed by atoms with Crippen LogP contribution < -0.4 is 0 Å². The third-order valence-corrected chi connectivity index (χ3v) is 3.79. The first-order valence-corrected chi connectivity index (χ1v) is 6.76. The average Bonchev–Trinajstić information content (AvgIpc) is 2.53. The third-order valence-electron chi connectivity index (χ3n) is 3.79. The van der Waals surface area contributed by atoms with Crippen LogP contribution in [-0.2, 0) is 0 Å². The number of Topliss-reactive ketones (excluding diaryl/α,β-unsaturated/α-hetero) is 1. The lowest BCUT2D eigenvalue weighted by atomic mass is 9.89. The monoisotopic (exact) mass is 260 g/mol. The molecule has 20 heavy (non-hydrogen) atoms. The average molecular weight is 260 g/mol. The zero-order valence-electron chi connectivity index (χ0n) is 11.5. The van der Waals surface area contributed by atoms with E-state index in [9.17, 15) is 4.79 Å². The second-order valence-corrected chi connectivity index (χ2v) is 5.09. The largest absolute Gasteiger partial charge is 0.294 e. The molecule has 2 aromatic rings. The van der Waals surface area contributed by atoms with E-state index in [1.807, 2.05) is 49.4 Å². The summed E-state index contributed by atoms with van der Waals surface area (Å²) < 4.78 is 0. The Labute approximate surface area is 118 Å². The highest BCUT2D eigenvalue weighted by Gasteiger charge is 2.17. The van der Waals surface area contributed by atoms with Gasteiger partial charge in [-0.15, -0.1) is 0 Å². The van der Waals surface area contributed by atoms with E-state index in [1.165, 1.54) is 0 Å². The van der Waals surface area contributed by atoms with Gasteiger partial charge in [-0.3, -0.25) is 4.79 Å². The Bertz CT molecular complexity index is 775. The molecule has 0 heterocycles. The van der Waals surface area contributed by atoms with Gasteiger partial charge >= 0.3 is 0 Å². The van der Waals surface area contributed by atoms with Crippen LogP contribution in [0.25, 0.3) is 16.3 Å². The minimum absolute atomic E-state index is 0.145. The van der Waals surface area contributed by atoms with E-state index in [-0.39, 0.29) is 5.78 Å². The fraction of sp³-hybridized carbons (Fsp3) is 0.105. The molecule has 1 aliphatic rings. The molecule has 0 saturated carbocycles. The summed E-state index contributed by atoms with van der Waals surface area (Å²) in [4.78, 5) is 12.4. The van der Waals surface area contributed by atoms with Gasteiger partial charge in [0.1, 0.15) is 0 Å². The molecule has 0 aromatic heterocycles. The summed E-state index contributed by atoms with van der Waals surface area (Å²) in [6, 6.07) is 12.1. The van der Waals surface area contributed by atoms with Crippen LogP contribution in [0.1, 0.15) is 29.3 Å². The highest BCUT2D eigenvalue weighted by Crippen LogP contribution is 2.33. The van der Waals surface area contributed by atoms with E-state index in [2.05, 4.69) is 18.7 Å². The summed E-state index contributed by atoms with van der Waals surface area (Å²) in [5, 5.41) is 2.23. The molecule has 0 N–H and O–H groups in total. The molecule has 0 bridgehead atoms. The maximum Gasteiger partial charge on any atom is 0.167 e. The molecule has 0 unspecified atom stereocenters. The molecule has 0 fully saturated rings. The van der Waals surface area contributed by atoms with Gasteiger partial charge in [0.05, 0.1) is 0 Å². The van der Waals surface area contributed by atoms with E-state index in [1.54, 1.807) is 0 Å². The number of hydrogen-bond donors (Lipinski definition) is 0. The number of allylic oxidation sites excluding steroid dienone is 5. The van der Waals surface area contributed by atoms with Crippen LogP contribution in [0.15, 0.2) is 66.8 Å². The summed E-state index contributed by atoms with van der Waals surface area (Å²) in [6.45, 7) is 6.25. The highest BCUT2D eigenvalue weighted by atomic mass is 16.1. The zero-order chi connectivity index (χ0) is 14.1. The van der Waals surface area contributed by atoms with Crippen molar-refractivity contribution in [1.29, 1.82) is 0 Å². The number of hydrogen-bond acceptors (Lipinski definition) is 1. The molecule has 0 atom stereocenters. The number of rotatable bonds is 0. The molecular formula is C19H16O. The second kappa shape index (κ2) is 4.93. The van der Waals surface area contributed by atoms with Crippen molar-refractivity contribution in [3.63, 3.8) is 0 Å². The van der Waals surface area contributed by atoms with Crippen LogP contribution >= 0.6 is 0 Å². The lowest BCUT2D eigenvalue weighted by molar-refractivity contribution is 0.0996. The molecule has 2 aromatic carbocycles. The first kappa shape index (κ1) is 12.6. The lowest BCUT2D eigenvalue weighted by Gasteiger charge is -2.14. The van der Waals surface area contributed by atoms with Gasteiger partial charge in [-0.25, -0.2) is 0 Å². The highest BCUT2D eigenvalue weighted by molar-refractivity contribution is 6.09. The molecule has 0 radical (unpaired) electrons. The van der Waals surface area contributed by atoms with Crippen molar-refractivity contribution in [3.8, 4) is 0 Å². The number of benzene rings is 2. The Balaban J connectivity index is 2.38. The molecule has 1 heteroatoms. The van der Waals surface area contributed by atoms with Crippen LogP contribution in [0.5, 0.6) is 0 Å². The summed E-state index contributed by atoms with van der Waals surface area (Å²) in [6.07, 6.45) is 6.30. The van der Waals surface area contributed by atoms with Gasteiger partial charge in [0.25, 0.3) is 0 Å². The van der Waals surface area contributed by atoms with Crippen LogP contribution in [0.3, 0.4) is 0 Å². The van der Waals surface area contributed by atoms with Crippen LogP contribution in [0.2, 0.25) is 0 Å². The molecule has 0 saturated heterocycles. The molecule has 98 valence electrons. The first-order chi connectivity index (χ1) is 9.68. The van der Waals surface area contributed by atoms with Crippen molar-refractivity contribution in [1.82, 2.24) is 0 Å². The fourth-order valence-electron chi connectivity index (χ4n) is 2.62. The first-order valence-electron chi connectivity index (χ1n) is 6.76. The van der Waals surface area contributed by atoms with E-state index >= 15 is 0 Å². The predicted octanol–water partition coefficient (Wildman–Crippen LogP) is 4.94. The summed E-state index contributed by atoms with van der Waals surface area (Å²) in [5.41, 5.74) is 3.77. The molecule has 0 amide bonds. The predicted molar refractivity (Wildman–Crippen MR) is 84.8 cm³/mol. The van der Waals surface area contributed by atoms with E-state index < -0.39 is 0 Å². The normalized spacial score (nSPS) is 19.6. The maximum atomic E-state index is 12.4. The standard InChI is InChI=1S/C19H16O/c1-13-7-3-6-10-18(20)17-12-11-15-8-4-5-9-16(15)19(17)14(13)2/h3-9,11-12H,2,10H2,1H3/b6-3-,13-7-. The Morgan fingerprint density at radius 1 is 1.10 bits per heavy atom. The number of ketones is 1. The minimum atomic E-state index is 0.145. The fourth-order valence-corrected chi connectivity index (χ4v) is 2.62. The van der Waals surface area contributed by atoms with Crippen LogP contribution in [0.4, 0.5) is 0 Å². The number of fused-ring (bicyclic) bond motifs is 3. The third kappa shape index (κ3) is 2.01. The molecule has 0 spiro atoms. The topological polar surface area (TPSA) is 17.1 Å². The van der Waals surface area contributed by atoms with Gasteiger partial charge in [-0.2, -0.15) is 0 Å². The maximum absolute atomic E-state index is 12.4. The van der Waals surface area contributed by atoms with Gasteiger partial charge in [0.2, 0.25) is 0 Å². The second-order valence-electron chi connectivity index (χ2n) is 5.09. The SMILES string of the molecule is C=C1/C(C)=C\C=C/CC(=O)c2ccc3ccccc3c21. The Morgan fingerprint density at radius 3 is 2.75 bits per heavy atom. The Kier molecular flexibility index (Phi) is 3.11. The molecule has 3 rings (SSSR count). The molecule has 1 nitrogen and oxygen atoms in total.